The third kappa shape index (κ3) is 39.7. The predicted octanol–water partition coefficient (Wildman–Crippen LogP) is 15.0. The zero-order valence-electron chi connectivity index (χ0n) is 38.4. The molecule has 0 unspecified atom stereocenters. The Morgan fingerprint density at radius 1 is 0.375 bits per heavy atom. The van der Waals surface area contributed by atoms with Crippen molar-refractivity contribution in [2.24, 2.45) is 0 Å². The fraction of sp³-hybridized carbons (Fsp3) is 0.960. The fourth-order valence-electron chi connectivity index (χ4n) is 8.02. The van der Waals surface area contributed by atoms with Crippen molar-refractivity contribution in [2.75, 3.05) is 26.2 Å². The molecule has 334 valence electrons. The van der Waals surface area contributed by atoms with E-state index in [9.17, 15) is 14.7 Å². The molecule has 56 heavy (non-hydrogen) atoms. The van der Waals surface area contributed by atoms with Crippen molar-refractivity contribution < 1.29 is 24.2 Å². The molecule has 6 heteroatoms. The summed E-state index contributed by atoms with van der Waals surface area (Å²) in [4.78, 5) is 27.7. The maximum Gasteiger partial charge on any atom is 0.306 e. The summed E-state index contributed by atoms with van der Waals surface area (Å²) in [5, 5.41) is 9.61. The molecule has 0 radical (unpaired) electrons. The number of hydrogen-bond donors (Lipinski definition) is 1. The van der Waals surface area contributed by atoms with E-state index in [-0.39, 0.29) is 30.8 Å². The summed E-state index contributed by atoms with van der Waals surface area (Å²) in [6.07, 6.45) is 44.5. The lowest BCUT2D eigenvalue weighted by Crippen LogP contribution is -2.29. The third-order valence-electron chi connectivity index (χ3n) is 11.7. The molecule has 0 amide bonds. The molecule has 0 heterocycles. The second-order valence-electron chi connectivity index (χ2n) is 17.3. The molecule has 6 nitrogen and oxygen atoms in total. The Morgan fingerprint density at radius 3 is 0.964 bits per heavy atom. The number of aliphatic hydroxyl groups excluding tert-OH is 1. The minimum atomic E-state index is 0.0195. The third-order valence-corrected chi connectivity index (χ3v) is 11.7. The Bertz CT molecular complexity index is 778. The van der Waals surface area contributed by atoms with Gasteiger partial charge in [-0.1, -0.05) is 182 Å². The van der Waals surface area contributed by atoms with Gasteiger partial charge < -0.3 is 19.5 Å². The minimum absolute atomic E-state index is 0.0195. The SMILES string of the molecule is CCCCCCCCC(CCCCCCCC)OC(=O)CCCCCCCN(CCO)CCCCCCCCCC(=O)OC(CCCCCC)CCCCCC. The van der Waals surface area contributed by atoms with Crippen molar-refractivity contribution in [1.82, 2.24) is 4.90 Å². The highest BCUT2D eigenvalue weighted by atomic mass is 16.5. The van der Waals surface area contributed by atoms with Crippen LogP contribution in [0.4, 0.5) is 0 Å². The Kier molecular flexibility index (Phi) is 44.0. The number of ether oxygens (including phenoxy) is 2. The summed E-state index contributed by atoms with van der Waals surface area (Å²) in [6.45, 7) is 12.1. The molecule has 0 spiro atoms. The standard InChI is InChI=1S/C50H99NO5/c1-5-9-13-17-23-31-39-48(40-32-24-18-14-10-6-2)56-50(54)42-34-26-22-28-36-44-51(45-46-52)43-35-27-21-19-20-25-33-41-49(53)55-47(37-29-15-11-7-3)38-30-16-12-8-4/h47-48,52H,5-46H2,1-4H3. The summed E-state index contributed by atoms with van der Waals surface area (Å²) in [7, 11) is 0. The van der Waals surface area contributed by atoms with Crippen LogP contribution in [-0.4, -0.2) is 60.4 Å². The molecular weight excluding hydrogens is 695 g/mol. The number of carbonyl (C=O) groups is 2. The first-order valence-electron chi connectivity index (χ1n) is 25.2. The van der Waals surface area contributed by atoms with Gasteiger partial charge in [0.2, 0.25) is 0 Å². The van der Waals surface area contributed by atoms with Gasteiger partial charge in [-0.15, -0.1) is 0 Å². The maximum atomic E-state index is 12.7. The van der Waals surface area contributed by atoms with Crippen molar-refractivity contribution in [2.45, 2.75) is 284 Å². The summed E-state index contributed by atoms with van der Waals surface area (Å²) in [5.74, 6) is 0.0390. The van der Waals surface area contributed by atoms with E-state index in [1.165, 1.54) is 167 Å². The van der Waals surface area contributed by atoms with Gasteiger partial charge >= 0.3 is 11.9 Å². The van der Waals surface area contributed by atoms with Crippen LogP contribution in [-0.2, 0) is 19.1 Å². The van der Waals surface area contributed by atoms with Gasteiger partial charge in [0, 0.05) is 19.4 Å². The molecule has 0 fully saturated rings. The summed E-state index contributed by atoms with van der Waals surface area (Å²) in [5.41, 5.74) is 0. The van der Waals surface area contributed by atoms with E-state index >= 15 is 0 Å². The molecule has 0 saturated carbocycles. The molecular formula is C50H99NO5. The van der Waals surface area contributed by atoms with Crippen molar-refractivity contribution in [3.63, 3.8) is 0 Å². The smallest absolute Gasteiger partial charge is 0.306 e. The van der Waals surface area contributed by atoms with E-state index < -0.39 is 0 Å². The second-order valence-corrected chi connectivity index (χ2v) is 17.3. The summed E-state index contributed by atoms with van der Waals surface area (Å²) in [6, 6.07) is 0. The van der Waals surface area contributed by atoms with Crippen molar-refractivity contribution in [1.29, 1.82) is 0 Å². The van der Waals surface area contributed by atoms with Gasteiger partial charge in [-0.25, -0.2) is 0 Å². The van der Waals surface area contributed by atoms with Crippen LogP contribution in [0, 0.1) is 0 Å². The molecule has 0 aliphatic rings. The first-order chi connectivity index (χ1) is 27.5. The van der Waals surface area contributed by atoms with Crippen LogP contribution in [0.2, 0.25) is 0 Å². The number of aliphatic hydroxyl groups is 1. The van der Waals surface area contributed by atoms with Gasteiger partial charge in [0.05, 0.1) is 6.61 Å². The van der Waals surface area contributed by atoms with E-state index in [2.05, 4.69) is 32.6 Å². The minimum Gasteiger partial charge on any atom is -0.462 e. The van der Waals surface area contributed by atoms with Crippen LogP contribution in [0.25, 0.3) is 0 Å². The van der Waals surface area contributed by atoms with Crippen LogP contribution < -0.4 is 0 Å². The molecule has 0 atom stereocenters. The molecule has 0 aliphatic heterocycles. The van der Waals surface area contributed by atoms with E-state index in [0.29, 0.717) is 12.8 Å². The topological polar surface area (TPSA) is 76.1 Å². The van der Waals surface area contributed by atoms with Crippen molar-refractivity contribution in [3.05, 3.63) is 0 Å². The van der Waals surface area contributed by atoms with Crippen LogP contribution >= 0.6 is 0 Å². The Morgan fingerprint density at radius 2 is 0.643 bits per heavy atom. The molecule has 0 aliphatic carbocycles. The van der Waals surface area contributed by atoms with Gasteiger partial charge in [0.15, 0.2) is 0 Å². The normalized spacial score (nSPS) is 11.7. The Hall–Kier alpha value is -1.14. The maximum absolute atomic E-state index is 12.7. The van der Waals surface area contributed by atoms with Gasteiger partial charge in [-0.05, 0) is 90.1 Å². The zero-order chi connectivity index (χ0) is 41.0. The molecule has 0 aromatic carbocycles. The Balaban J connectivity index is 4.08. The number of unbranched alkanes of at least 4 members (excludes halogenated alkanes) is 26. The highest BCUT2D eigenvalue weighted by Crippen LogP contribution is 2.20. The quantitative estimate of drug-likeness (QED) is 0.0489. The van der Waals surface area contributed by atoms with E-state index in [1.54, 1.807) is 0 Å². The number of rotatable bonds is 46. The lowest BCUT2D eigenvalue weighted by Gasteiger charge is -2.21. The monoisotopic (exact) mass is 794 g/mol. The van der Waals surface area contributed by atoms with Crippen LogP contribution in [0.1, 0.15) is 272 Å². The van der Waals surface area contributed by atoms with Crippen molar-refractivity contribution in [3.8, 4) is 0 Å². The van der Waals surface area contributed by atoms with Gasteiger partial charge in [0.1, 0.15) is 12.2 Å². The fourth-order valence-corrected chi connectivity index (χ4v) is 8.02. The molecule has 1 N–H and O–H groups in total. The summed E-state index contributed by atoms with van der Waals surface area (Å²) >= 11 is 0. The molecule has 0 aromatic rings. The first kappa shape index (κ1) is 54.9. The van der Waals surface area contributed by atoms with Crippen LogP contribution in [0.15, 0.2) is 0 Å². The lowest BCUT2D eigenvalue weighted by molar-refractivity contribution is -0.151. The van der Waals surface area contributed by atoms with E-state index in [4.69, 9.17) is 9.47 Å². The van der Waals surface area contributed by atoms with Crippen molar-refractivity contribution >= 4 is 11.9 Å². The first-order valence-corrected chi connectivity index (χ1v) is 25.2. The second kappa shape index (κ2) is 45.0. The number of esters is 2. The van der Waals surface area contributed by atoms with Crippen LogP contribution in [0.3, 0.4) is 0 Å². The molecule has 0 rings (SSSR count). The average Bonchev–Trinajstić information content (AvgIpc) is 3.19. The zero-order valence-corrected chi connectivity index (χ0v) is 38.4. The Labute approximate surface area is 350 Å². The van der Waals surface area contributed by atoms with Gasteiger partial charge in [-0.3, -0.25) is 9.59 Å². The van der Waals surface area contributed by atoms with E-state index in [1.807, 2.05) is 0 Å². The highest BCUT2D eigenvalue weighted by Gasteiger charge is 2.16. The van der Waals surface area contributed by atoms with Gasteiger partial charge in [0.25, 0.3) is 0 Å². The predicted molar refractivity (Wildman–Crippen MR) is 241 cm³/mol. The number of hydrogen-bond acceptors (Lipinski definition) is 6. The number of carbonyl (C=O) groups excluding carboxylic acids is 2. The van der Waals surface area contributed by atoms with Crippen LogP contribution in [0.5, 0.6) is 0 Å². The average molecular weight is 794 g/mol. The molecule has 0 saturated heterocycles. The largest absolute Gasteiger partial charge is 0.462 e. The summed E-state index contributed by atoms with van der Waals surface area (Å²) < 4.78 is 12.0. The number of nitrogens with zero attached hydrogens (tertiary/aromatic N) is 1. The van der Waals surface area contributed by atoms with E-state index in [0.717, 1.165) is 83.8 Å². The molecule has 0 bridgehead atoms. The molecule has 0 aromatic heterocycles. The van der Waals surface area contributed by atoms with Gasteiger partial charge in [-0.2, -0.15) is 0 Å². The highest BCUT2D eigenvalue weighted by molar-refractivity contribution is 5.69. The lowest BCUT2D eigenvalue weighted by atomic mass is 10.0.